The Morgan fingerprint density at radius 3 is 1.74 bits per heavy atom. The van der Waals surface area contributed by atoms with Crippen LogP contribution >= 0.6 is 0 Å². The Bertz CT molecular complexity index is 262. The second-order valence-electron chi connectivity index (χ2n) is 5.74. The summed E-state index contributed by atoms with van der Waals surface area (Å²) < 4.78 is 0. The van der Waals surface area contributed by atoms with Gasteiger partial charge in [0.1, 0.15) is 0 Å². The lowest BCUT2D eigenvalue weighted by Crippen LogP contribution is -2.62. The number of nitrogens with one attached hydrogen (secondary N) is 1. The van der Waals surface area contributed by atoms with Crippen LogP contribution in [-0.4, -0.2) is 33.3 Å². The van der Waals surface area contributed by atoms with Crippen molar-refractivity contribution in [3.05, 3.63) is 13.2 Å². The molecule has 1 aliphatic heterocycles. The number of rotatable bonds is 1. The number of hydrogen-bond acceptors (Lipinski definition) is 5. The van der Waals surface area contributed by atoms with E-state index >= 15 is 0 Å². The van der Waals surface area contributed by atoms with Crippen LogP contribution in [-0.2, 0) is 4.79 Å². The van der Waals surface area contributed by atoms with Gasteiger partial charge >= 0.3 is 0 Å². The quantitative estimate of drug-likeness (QED) is 0.548. The van der Waals surface area contributed by atoms with E-state index in [-0.39, 0.29) is 35.3 Å². The van der Waals surface area contributed by atoms with E-state index in [1.54, 1.807) is 0 Å². The maximum atomic E-state index is 11.0. The molecule has 0 radical (unpaired) electrons. The number of hydrogen-bond donors (Lipinski definition) is 4. The summed E-state index contributed by atoms with van der Waals surface area (Å²) >= 11 is 0. The smallest absolute Gasteiger partial charge is 0.217 e. The maximum absolute atomic E-state index is 11.0. The van der Waals surface area contributed by atoms with Crippen LogP contribution in [0.15, 0.2) is 13.2 Å². The van der Waals surface area contributed by atoms with Crippen molar-refractivity contribution in [1.29, 1.82) is 0 Å². The van der Waals surface area contributed by atoms with Gasteiger partial charge in [0.15, 0.2) is 0 Å². The van der Waals surface area contributed by atoms with E-state index in [1.807, 2.05) is 27.7 Å². The highest BCUT2D eigenvalue weighted by atomic mass is 16.5. The Hall–Kier alpha value is -0.950. The minimum atomic E-state index is -0.297. The lowest BCUT2D eigenvalue weighted by molar-refractivity contribution is -0.246. The van der Waals surface area contributed by atoms with Gasteiger partial charge in [0.25, 0.3) is 0 Å². The molecular formula is C13H32N4O2. The third-order valence-corrected chi connectivity index (χ3v) is 3.05. The van der Waals surface area contributed by atoms with Crippen molar-refractivity contribution in [3.8, 4) is 0 Å². The number of piperidine rings is 1. The minimum absolute atomic E-state index is 0. The molecule has 19 heavy (non-hydrogen) atoms. The van der Waals surface area contributed by atoms with Gasteiger partial charge in [0.2, 0.25) is 5.91 Å². The number of carbonyl (C=O) groups excluding carboxylic acids is 1. The largest absolute Gasteiger partial charge is 0.353 e. The lowest BCUT2D eigenvalue weighted by atomic mass is 9.79. The van der Waals surface area contributed by atoms with Crippen LogP contribution in [0, 0.1) is 0 Å². The number of hydroxylamine groups is 2. The normalized spacial score (nSPS) is 20.9. The van der Waals surface area contributed by atoms with E-state index in [0.717, 1.165) is 12.8 Å². The molecule has 1 saturated heterocycles. The molecule has 0 aromatic heterocycles. The lowest BCUT2D eigenvalue weighted by Gasteiger charge is -2.51. The average Bonchev–Trinajstić information content (AvgIpc) is 2.15. The van der Waals surface area contributed by atoms with Crippen molar-refractivity contribution in [2.45, 2.75) is 64.6 Å². The molecule has 1 heterocycles. The molecule has 0 aromatic rings. The zero-order valence-electron chi connectivity index (χ0n) is 13.1. The molecular weight excluding hydrogens is 244 g/mol. The zero-order chi connectivity index (χ0) is 13.9. The summed E-state index contributed by atoms with van der Waals surface area (Å²) in [7, 11) is 0. The fourth-order valence-corrected chi connectivity index (χ4v) is 2.66. The van der Waals surface area contributed by atoms with E-state index < -0.39 is 0 Å². The first-order valence-electron chi connectivity index (χ1n) is 5.91. The monoisotopic (exact) mass is 276 g/mol. The van der Waals surface area contributed by atoms with Crippen LogP contribution in [0.1, 0.15) is 47.5 Å². The van der Waals surface area contributed by atoms with Crippen LogP contribution < -0.4 is 17.6 Å². The highest BCUT2D eigenvalue weighted by Crippen LogP contribution is 2.36. The third-order valence-electron chi connectivity index (χ3n) is 3.05. The summed E-state index contributed by atoms with van der Waals surface area (Å²) in [6, 6.07) is 0.149. The van der Waals surface area contributed by atoms with Crippen molar-refractivity contribution >= 4 is 5.91 Å². The van der Waals surface area contributed by atoms with Crippen LogP contribution in [0.2, 0.25) is 0 Å². The van der Waals surface area contributed by atoms with Crippen molar-refractivity contribution in [1.82, 2.24) is 22.7 Å². The summed E-state index contributed by atoms with van der Waals surface area (Å²) in [4.78, 5) is 11.0. The van der Waals surface area contributed by atoms with Gasteiger partial charge in [-0.25, -0.2) is 0 Å². The second-order valence-corrected chi connectivity index (χ2v) is 5.74. The molecule has 1 amide bonds. The van der Waals surface area contributed by atoms with Gasteiger partial charge in [0, 0.05) is 24.0 Å². The Morgan fingerprint density at radius 1 is 1.16 bits per heavy atom. The van der Waals surface area contributed by atoms with E-state index in [1.165, 1.54) is 12.0 Å². The van der Waals surface area contributed by atoms with Gasteiger partial charge in [-0.3, -0.25) is 4.79 Å². The molecule has 0 aliphatic carbocycles. The first kappa shape index (κ1) is 23.2. The fraction of sp³-hybridized carbons (Fsp3) is 0.769. The third kappa shape index (κ3) is 6.15. The molecule has 1 aliphatic rings. The summed E-state index contributed by atoms with van der Waals surface area (Å²) in [6.07, 6.45) is 1.54. The summed E-state index contributed by atoms with van der Waals surface area (Å²) in [5.74, 6) is -0.00186. The van der Waals surface area contributed by atoms with Crippen LogP contribution in [0.4, 0.5) is 0 Å². The number of carbonyl (C=O) groups is 1. The first-order chi connectivity index (χ1) is 7.65. The van der Waals surface area contributed by atoms with E-state index in [9.17, 15) is 10.0 Å². The molecule has 1 fully saturated rings. The molecule has 1 rings (SSSR count). The predicted molar refractivity (Wildman–Crippen MR) is 79.9 cm³/mol. The molecule has 0 aromatic carbocycles. The van der Waals surface area contributed by atoms with E-state index in [0.29, 0.717) is 0 Å². The highest BCUT2D eigenvalue weighted by Gasteiger charge is 2.45. The highest BCUT2D eigenvalue weighted by molar-refractivity contribution is 5.73. The Kier molecular flexibility index (Phi) is 10.1. The van der Waals surface area contributed by atoms with E-state index in [4.69, 9.17) is 0 Å². The van der Waals surface area contributed by atoms with Gasteiger partial charge in [-0.2, -0.15) is 5.06 Å². The molecule has 0 unspecified atom stereocenters. The average molecular weight is 276 g/mol. The molecule has 6 heteroatoms. The zero-order valence-corrected chi connectivity index (χ0v) is 13.1. The van der Waals surface area contributed by atoms with Gasteiger partial charge in [0.05, 0.1) is 0 Å². The first-order valence-corrected chi connectivity index (χ1v) is 5.91. The Morgan fingerprint density at radius 2 is 1.47 bits per heavy atom. The maximum Gasteiger partial charge on any atom is 0.217 e. The number of amides is 1. The molecule has 8 N–H and O–H groups in total. The standard InChI is InChI=1S/C11H22N2O2.C2H4.2H3N/c1-8(14)12-9-6-10(2,3)13(15)11(4,5)7-9;1-2;;/h9,15H,6-7H2,1-5H3,(H,12,14);1-2H2;2*1H3. The minimum Gasteiger partial charge on any atom is -0.353 e. The van der Waals surface area contributed by atoms with Gasteiger partial charge in [-0.15, -0.1) is 13.2 Å². The Labute approximate surface area is 117 Å². The van der Waals surface area contributed by atoms with Crippen LogP contribution in [0.25, 0.3) is 0 Å². The van der Waals surface area contributed by atoms with Crippen LogP contribution in [0.3, 0.4) is 0 Å². The summed E-state index contributed by atoms with van der Waals surface area (Å²) in [5, 5.41) is 14.4. The van der Waals surface area contributed by atoms with Crippen molar-refractivity contribution < 1.29 is 10.0 Å². The molecule has 0 saturated carbocycles. The van der Waals surface area contributed by atoms with Crippen molar-refractivity contribution in [3.63, 3.8) is 0 Å². The molecule has 0 spiro atoms. The van der Waals surface area contributed by atoms with Crippen molar-refractivity contribution in [2.24, 2.45) is 0 Å². The summed E-state index contributed by atoms with van der Waals surface area (Å²) in [5.41, 5.74) is -0.594. The van der Waals surface area contributed by atoms with Crippen LogP contribution in [0.5, 0.6) is 0 Å². The Balaban J connectivity index is -0.000000609. The molecule has 6 nitrogen and oxygen atoms in total. The topological polar surface area (TPSA) is 123 Å². The molecule has 0 atom stereocenters. The summed E-state index contributed by atoms with van der Waals surface area (Å²) in [6.45, 7) is 15.5. The van der Waals surface area contributed by atoms with Gasteiger partial charge in [-0.05, 0) is 40.5 Å². The SMILES string of the molecule is C=C.CC(=O)NC1CC(C)(C)N(O)C(C)(C)C1.N.N. The predicted octanol–water partition coefficient (Wildman–Crippen LogP) is 2.66. The molecule has 0 bridgehead atoms. The van der Waals surface area contributed by atoms with Crippen molar-refractivity contribution in [2.75, 3.05) is 0 Å². The van der Waals surface area contributed by atoms with E-state index in [2.05, 4.69) is 18.5 Å². The number of nitrogens with zero attached hydrogens (tertiary/aromatic N) is 1. The fourth-order valence-electron chi connectivity index (χ4n) is 2.66. The van der Waals surface area contributed by atoms with Gasteiger partial charge < -0.3 is 22.8 Å². The molecule has 116 valence electrons. The second kappa shape index (κ2) is 8.27. The van der Waals surface area contributed by atoms with Gasteiger partial charge in [-0.1, -0.05) is 0 Å².